The van der Waals surface area contributed by atoms with Gasteiger partial charge < -0.3 is 5.32 Å². The fourth-order valence-corrected chi connectivity index (χ4v) is 4.38. The maximum Gasteiger partial charge on any atom is 0.289 e. The Bertz CT molecular complexity index is 770. The van der Waals surface area contributed by atoms with E-state index in [-0.39, 0.29) is 30.4 Å². The lowest BCUT2D eigenvalue weighted by Crippen LogP contribution is -2.51. The summed E-state index contributed by atoms with van der Waals surface area (Å²) in [6.07, 6.45) is 2.04. The van der Waals surface area contributed by atoms with Gasteiger partial charge in [-0.3, -0.25) is 19.8 Å². The highest BCUT2D eigenvalue weighted by molar-refractivity contribution is 7.89. The van der Waals surface area contributed by atoms with E-state index in [0.29, 0.717) is 19.1 Å². The number of piperazine rings is 1. The van der Waals surface area contributed by atoms with Crippen molar-refractivity contribution < 1.29 is 18.1 Å². The van der Waals surface area contributed by atoms with Crippen LogP contribution in [0.5, 0.6) is 0 Å². The van der Waals surface area contributed by atoms with Crippen LogP contribution >= 0.6 is 0 Å². The minimum absolute atomic E-state index is 0.0440. The molecule has 1 aromatic rings. The summed E-state index contributed by atoms with van der Waals surface area (Å²) in [4.78, 5) is 23.8. The minimum atomic E-state index is -3.93. The zero-order valence-corrected chi connectivity index (χ0v) is 14.4. The van der Waals surface area contributed by atoms with E-state index in [0.717, 1.165) is 12.8 Å². The zero-order valence-electron chi connectivity index (χ0n) is 13.6. The highest BCUT2D eigenvalue weighted by Gasteiger charge is 2.34. The first kappa shape index (κ1) is 17.8. The summed E-state index contributed by atoms with van der Waals surface area (Å²) < 4.78 is 26.7. The normalized spacial score (nSPS) is 19.5. The number of amides is 1. The molecule has 2 fully saturated rings. The first-order chi connectivity index (χ1) is 11.9. The number of benzene rings is 1. The van der Waals surface area contributed by atoms with Gasteiger partial charge in [0.2, 0.25) is 15.9 Å². The summed E-state index contributed by atoms with van der Waals surface area (Å²) in [7, 11) is -3.93. The van der Waals surface area contributed by atoms with Crippen LogP contribution in [-0.2, 0) is 14.8 Å². The summed E-state index contributed by atoms with van der Waals surface area (Å²) >= 11 is 0. The van der Waals surface area contributed by atoms with Crippen molar-refractivity contribution in [2.24, 2.45) is 0 Å². The highest BCUT2D eigenvalue weighted by atomic mass is 32.2. The molecule has 0 unspecified atom stereocenters. The molecule has 1 heterocycles. The molecule has 136 valence electrons. The van der Waals surface area contributed by atoms with Crippen LogP contribution in [0.3, 0.4) is 0 Å². The zero-order chi connectivity index (χ0) is 18.0. The van der Waals surface area contributed by atoms with Crippen molar-refractivity contribution in [2.45, 2.75) is 23.8 Å². The summed E-state index contributed by atoms with van der Waals surface area (Å²) in [6.45, 7) is 1.47. The predicted octanol–water partition coefficient (Wildman–Crippen LogP) is 0.180. The highest BCUT2D eigenvalue weighted by Crippen LogP contribution is 2.26. The number of nitrogens with one attached hydrogen (secondary N) is 1. The van der Waals surface area contributed by atoms with E-state index in [1.165, 1.54) is 28.6 Å². The molecule has 1 aromatic carbocycles. The Kier molecular flexibility index (Phi) is 5.02. The monoisotopic (exact) mass is 368 g/mol. The van der Waals surface area contributed by atoms with Crippen LogP contribution in [0, 0.1) is 10.1 Å². The van der Waals surface area contributed by atoms with Crippen molar-refractivity contribution in [1.82, 2.24) is 14.5 Å². The van der Waals surface area contributed by atoms with Crippen LogP contribution in [0.2, 0.25) is 0 Å². The molecule has 1 aliphatic carbocycles. The van der Waals surface area contributed by atoms with E-state index in [1.807, 2.05) is 4.90 Å². The molecule has 0 radical (unpaired) electrons. The minimum Gasteiger partial charge on any atom is -0.352 e. The fourth-order valence-electron chi connectivity index (χ4n) is 2.80. The first-order valence-electron chi connectivity index (χ1n) is 8.13. The van der Waals surface area contributed by atoms with Gasteiger partial charge in [-0.1, -0.05) is 12.1 Å². The fraction of sp³-hybridized carbons (Fsp3) is 0.533. The van der Waals surface area contributed by atoms with Gasteiger partial charge in [-0.05, 0) is 18.9 Å². The van der Waals surface area contributed by atoms with E-state index in [1.54, 1.807) is 0 Å². The number of para-hydroxylation sites is 1. The second-order valence-corrected chi connectivity index (χ2v) is 8.15. The quantitative estimate of drug-likeness (QED) is 0.566. The molecule has 0 bridgehead atoms. The Labute approximate surface area is 145 Å². The number of sulfonamides is 1. The van der Waals surface area contributed by atoms with Crippen LogP contribution < -0.4 is 5.32 Å². The van der Waals surface area contributed by atoms with E-state index < -0.39 is 20.6 Å². The molecule has 1 N–H and O–H groups in total. The Hall–Kier alpha value is -2.04. The molecule has 10 heteroatoms. The molecule has 0 atom stereocenters. The molecule has 0 spiro atoms. The summed E-state index contributed by atoms with van der Waals surface area (Å²) in [5.41, 5.74) is -0.422. The van der Waals surface area contributed by atoms with Crippen molar-refractivity contribution in [1.29, 1.82) is 0 Å². The number of rotatable bonds is 6. The lowest BCUT2D eigenvalue weighted by molar-refractivity contribution is -0.387. The summed E-state index contributed by atoms with van der Waals surface area (Å²) in [6, 6.07) is 5.65. The van der Waals surface area contributed by atoms with Gasteiger partial charge in [0.05, 0.1) is 11.5 Å². The number of hydrogen-bond acceptors (Lipinski definition) is 6. The van der Waals surface area contributed by atoms with Gasteiger partial charge in [-0.25, -0.2) is 8.42 Å². The van der Waals surface area contributed by atoms with Crippen molar-refractivity contribution in [2.75, 3.05) is 32.7 Å². The number of carbonyl (C=O) groups is 1. The molecular weight excluding hydrogens is 348 g/mol. The van der Waals surface area contributed by atoms with Gasteiger partial charge >= 0.3 is 0 Å². The molecule has 2 aliphatic rings. The largest absolute Gasteiger partial charge is 0.352 e. The third-order valence-electron chi connectivity index (χ3n) is 4.32. The van der Waals surface area contributed by atoms with E-state index in [2.05, 4.69) is 5.32 Å². The molecule has 1 saturated carbocycles. The van der Waals surface area contributed by atoms with Crippen molar-refractivity contribution in [3.8, 4) is 0 Å². The Morgan fingerprint density at radius 1 is 1.20 bits per heavy atom. The van der Waals surface area contributed by atoms with Crippen molar-refractivity contribution >= 4 is 21.6 Å². The van der Waals surface area contributed by atoms with Gasteiger partial charge in [0.25, 0.3) is 5.69 Å². The third kappa shape index (κ3) is 4.14. The predicted molar refractivity (Wildman–Crippen MR) is 89.5 cm³/mol. The number of hydrogen-bond donors (Lipinski definition) is 1. The molecule has 1 saturated heterocycles. The smallest absolute Gasteiger partial charge is 0.289 e. The molecular formula is C15H20N4O5S. The first-order valence-corrected chi connectivity index (χ1v) is 9.57. The van der Waals surface area contributed by atoms with Gasteiger partial charge in [-0.15, -0.1) is 0 Å². The Morgan fingerprint density at radius 3 is 2.44 bits per heavy atom. The molecule has 0 aromatic heterocycles. The second-order valence-electron chi connectivity index (χ2n) is 6.25. The van der Waals surface area contributed by atoms with E-state index in [9.17, 15) is 23.3 Å². The average Bonchev–Trinajstić information content (AvgIpc) is 3.39. The van der Waals surface area contributed by atoms with Gasteiger partial charge in [0.1, 0.15) is 0 Å². The van der Waals surface area contributed by atoms with Gasteiger partial charge in [-0.2, -0.15) is 4.31 Å². The van der Waals surface area contributed by atoms with Gasteiger partial charge in [0, 0.05) is 38.3 Å². The van der Waals surface area contributed by atoms with E-state index >= 15 is 0 Å². The lowest BCUT2D eigenvalue weighted by Gasteiger charge is -2.33. The lowest BCUT2D eigenvalue weighted by atomic mass is 10.3. The topological polar surface area (TPSA) is 113 Å². The maximum atomic E-state index is 12.7. The van der Waals surface area contributed by atoms with Gasteiger partial charge in [0.15, 0.2) is 4.90 Å². The molecule has 25 heavy (non-hydrogen) atoms. The standard InChI is InChI=1S/C15H20N4O5S/c20-15(16-12-5-6-12)11-17-7-9-18(10-8-17)25(23,24)14-4-2-1-3-13(14)19(21)22/h1-4,12H,5-11H2,(H,16,20). The number of nitro groups is 1. The maximum absolute atomic E-state index is 12.7. The van der Waals surface area contributed by atoms with Crippen LogP contribution in [0.25, 0.3) is 0 Å². The van der Waals surface area contributed by atoms with Crippen LogP contribution in [0.15, 0.2) is 29.2 Å². The average molecular weight is 368 g/mol. The SMILES string of the molecule is O=C(CN1CCN(S(=O)(=O)c2ccccc2[N+](=O)[O-])CC1)NC1CC1. The molecule has 3 rings (SSSR count). The number of carbonyl (C=O) groups excluding carboxylic acids is 1. The van der Waals surface area contributed by atoms with Crippen LogP contribution in [0.4, 0.5) is 5.69 Å². The van der Waals surface area contributed by atoms with E-state index in [4.69, 9.17) is 0 Å². The van der Waals surface area contributed by atoms with Crippen molar-refractivity contribution in [3.05, 3.63) is 34.4 Å². The second kappa shape index (κ2) is 7.06. The molecule has 9 nitrogen and oxygen atoms in total. The van der Waals surface area contributed by atoms with Crippen LogP contribution in [0.1, 0.15) is 12.8 Å². The number of nitro benzene ring substituents is 1. The Balaban J connectivity index is 1.63. The Morgan fingerprint density at radius 2 is 1.84 bits per heavy atom. The number of nitrogens with zero attached hydrogens (tertiary/aromatic N) is 3. The summed E-state index contributed by atoms with van der Waals surface area (Å²) in [5.74, 6) is -0.0440. The summed E-state index contributed by atoms with van der Waals surface area (Å²) in [5, 5.41) is 14.0. The van der Waals surface area contributed by atoms with Crippen LogP contribution in [-0.4, -0.2) is 67.2 Å². The third-order valence-corrected chi connectivity index (χ3v) is 6.27. The molecule has 1 amide bonds. The molecule has 1 aliphatic heterocycles. The van der Waals surface area contributed by atoms with Crippen molar-refractivity contribution in [3.63, 3.8) is 0 Å².